The fourth-order valence-electron chi connectivity index (χ4n) is 2.77. The maximum atomic E-state index is 13.9. The summed E-state index contributed by atoms with van der Waals surface area (Å²) >= 11 is 11.5. The second kappa shape index (κ2) is 6.81. The van der Waals surface area contributed by atoms with Crippen LogP contribution in [0.4, 0.5) is 30.7 Å². The van der Waals surface area contributed by atoms with E-state index in [1.54, 1.807) is 0 Å². The van der Waals surface area contributed by atoms with Gasteiger partial charge >= 0.3 is 12.4 Å². The topological polar surface area (TPSA) is 21.6 Å². The van der Waals surface area contributed by atoms with Gasteiger partial charge in [-0.2, -0.15) is 26.3 Å². The third-order valence-corrected chi connectivity index (χ3v) is 4.56. The Morgan fingerprint density at radius 2 is 1.54 bits per heavy atom. The van der Waals surface area contributed by atoms with Crippen molar-refractivity contribution in [3.63, 3.8) is 0 Å². The maximum Gasteiger partial charge on any atom is 0.435 e. The summed E-state index contributed by atoms with van der Waals surface area (Å²) in [5.74, 6) is -1.56. The number of hydrogen-bond donors (Lipinski definition) is 0. The lowest BCUT2D eigenvalue weighted by Crippen LogP contribution is -2.42. The second-order valence-electron chi connectivity index (χ2n) is 5.98. The first kappa shape index (κ1) is 20.7. The van der Waals surface area contributed by atoms with Crippen molar-refractivity contribution in [1.29, 1.82) is 0 Å². The van der Waals surface area contributed by atoms with Gasteiger partial charge in [-0.05, 0) is 30.3 Å². The summed E-state index contributed by atoms with van der Waals surface area (Å²) in [6.45, 7) is 0. The van der Waals surface area contributed by atoms with Gasteiger partial charge in [0.05, 0.1) is 11.3 Å². The highest BCUT2D eigenvalue weighted by Crippen LogP contribution is 2.50. The summed E-state index contributed by atoms with van der Waals surface area (Å²) in [6, 6.07) is 4.95. The van der Waals surface area contributed by atoms with Gasteiger partial charge in [-0.15, -0.1) is 0 Å². The molecule has 0 bridgehead atoms. The Morgan fingerprint density at radius 1 is 0.929 bits per heavy atom. The summed E-state index contributed by atoms with van der Waals surface area (Å²) in [5, 5.41) is 3.15. The Hall–Kier alpha value is -2.00. The fraction of sp³-hybridized carbons (Fsp3) is 0.235. The molecule has 1 atom stereocenters. The molecule has 2 aromatic rings. The normalized spacial score (nSPS) is 20.1. The first-order chi connectivity index (χ1) is 12.8. The second-order valence-corrected chi connectivity index (χ2v) is 6.85. The molecule has 2 aromatic carbocycles. The molecule has 0 N–H and O–H groups in total. The van der Waals surface area contributed by atoms with Crippen LogP contribution in [-0.2, 0) is 16.6 Å². The van der Waals surface area contributed by atoms with Crippen molar-refractivity contribution in [1.82, 2.24) is 0 Å². The molecule has 3 rings (SSSR count). The molecule has 1 aliphatic rings. The summed E-state index contributed by atoms with van der Waals surface area (Å²) < 4.78 is 93.7. The van der Waals surface area contributed by atoms with E-state index < -0.39 is 47.0 Å². The molecule has 0 aliphatic carbocycles. The number of halogens is 9. The van der Waals surface area contributed by atoms with Crippen LogP contribution in [0.3, 0.4) is 0 Å². The lowest BCUT2D eigenvalue weighted by molar-refractivity contribution is -0.275. The summed E-state index contributed by atoms with van der Waals surface area (Å²) in [6.07, 6.45) is -11.0. The molecule has 0 saturated carbocycles. The first-order valence-electron chi connectivity index (χ1n) is 7.49. The summed E-state index contributed by atoms with van der Waals surface area (Å²) in [7, 11) is 0. The van der Waals surface area contributed by atoms with E-state index in [1.165, 1.54) is 6.07 Å². The number of hydrogen-bond acceptors (Lipinski definition) is 2. The molecule has 1 aliphatic heterocycles. The van der Waals surface area contributed by atoms with Gasteiger partial charge in [0.1, 0.15) is 5.82 Å². The summed E-state index contributed by atoms with van der Waals surface area (Å²) in [5.41, 5.74) is -5.87. The van der Waals surface area contributed by atoms with Crippen molar-refractivity contribution in [2.45, 2.75) is 24.4 Å². The molecular weight excluding hydrogens is 438 g/mol. The molecule has 0 spiro atoms. The largest absolute Gasteiger partial charge is 0.435 e. The van der Waals surface area contributed by atoms with Gasteiger partial charge in [0, 0.05) is 27.6 Å². The highest BCUT2D eigenvalue weighted by molar-refractivity contribution is 6.34. The third-order valence-electron chi connectivity index (χ3n) is 4.12. The Morgan fingerprint density at radius 3 is 2.07 bits per heavy atom. The number of nitrogens with zero attached hydrogens (tertiary/aromatic N) is 1. The SMILES string of the molecule is Fc1ccc(C2=NOC(c3cc(Cl)cc(Cl)c3)(C(F)(F)F)C2)cc1C(F)(F)F. The maximum absolute atomic E-state index is 13.9. The van der Waals surface area contributed by atoms with Crippen LogP contribution in [0, 0.1) is 5.82 Å². The van der Waals surface area contributed by atoms with Gasteiger partial charge in [-0.3, -0.25) is 0 Å². The fourth-order valence-corrected chi connectivity index (χ4v) is 3.29. The van der Waals surface area contributed by atoms with Crippen LogP contribution in [0.15, 0.2) is 41.6 Å². The zero-order valence-corrected chi connectivity index (χ0v) is 14.9. The molecule has 150 valence electrons. The van der Waals surface area contributed by atoms with Crippen LogP contribution < -0.4 is 0 Å². The minimum atomic E-state index is -5.03. The number of oxime groups is 1. The zero-order chi connectivity index (χ0) is 20.9. The van der Waals surface area contributed by atoms with Crippen LogP contribution >= 0.6 is 23.2 Å². The van der Waals surface area contributed by atoms with E-state index in [0.717, 1.165) is 18.2 Å². The molecule has 28 heavy (non-hydrogen) atoms. The van der Waals surface area contributed by atoms with Crippen LogP contribution in [0.5, 0.6) is 0 Å². The van der Waals surface area contributed by atoms with Crippen LogP contribution in [0.1, 0.15) is 23.1 Å². The molecule has 0 radical (unpaired) electrons. The van der Waals surface area contributed by atoms with Crippen molar-refractivity contribution >= 4 is 28.9 Å². The van der Waals surface area contributed by atoms with Gasteiger partial charge in [-0.1, -0.05) is 34.4 Å². The molecule has 0 saturated heterocycles. The number of rotatable bonds is 2. The van der Waals surface area contributed by atoms with E-state index in [9.17, 15) is 30.7 Å². The van der Waals surface area contributed by atoms with Crippen LogP contribution in [0.2, 0.25) is 10.0 Å². The first-order valence-corrected chi connectivity index (χ1v) is 8.24. The zero-order valence-electron chi connectivity index (χ0n) is 13.4. The van der Waals surface area contributed by atoms with Gasteiger partial charge in [-0.25, -0.2) is 4.39 Å². The monoisotopic (exact) mass is 445 g/mol. The van der Waals surface area contributed by atoms with E-state index >= 15 is 0 Å². The minimum Gasteiger partial charge on any atom is -0.374 e. The molecule has 1 unspecified atom stereocenters. The van der Waals surface area contributed by atoms with Crippen molar-refractivity contribution in [2.24, 2.45) is 5.16 Å². The molecule has 1 heterocycles. The molecule has 0 amide bonds. The van der Waals surface area contributed by atoms with E-state index in [-0.39, 0.29) is 15.6 Å². The highest BCUT2D eigenvalue weighted by atomic mass is 35.5. The van der Waals surface area contributed by atoms with Gasteiger partial charge in [0.25, 0.3) is 5.60 Å². The highest BCUT2D eigenvalue weighted by Gasteiger charge is 2.62. The number of benzene rings is 2. The lowest BCUT2D eigenvalue weighted by atomic mass is 9.86. The average Bonchev–Trinajstić information content (AvgIpc) is 2.99. The molecule has 0 fully saturated rings. The van der Waals surface area contributed by atoms with Crippen molar-refractivity contribution in [3.05, 3.63) is 69.0 Å². The van der Waals surface area contributed by atoms with Gasteiger partial charge in [0.2, 0.25) is 0 Å². The van der Waals surface area contributed by atoms with E-state index in [2.05, 4.69) is 5.16 Å². The Labute approximate surface area is 163 Å². The quantitative estimate of drug-likeness (QED) is 0.469. The van der Waals surface area contributed by atoms with Crippen molar-refractivity contribution in [2.75, 3.05) is 0 Å². The van der Waals surface area contributed by atoms with Gasteiger partial charge < -0.3 is 4.84 Å². The Bertz CT molecular complexity index is 935. The average molecular weight is 446 g/mol. The van der Waals surface area contributed by atoms with Crippen LogP contribution in [-0.4, -0.2) is 11.9 Å². The number of alkyl halides is 6. The predicted octanol–water partition coefficient (Wildman–Crippen LogP) is 6.73. The van der Waals surface area contributed by atoms with E-state index in [1.807, 2.05) is 0 Å². The van der Waals surface area contributed by atoms with Crippen LogP contribution in [0.25, 0.3) is 0 Å². The van der Waals surface area contributed by atoms with E-state index in [4.69, 9.17) is 28.0 Å². The molecular formula is C17H8Cl2F7NO. The lowest BCUT2D eigenvalue weighted by Gasteiger charge is -2.29. The Kier molecular flexibility index (Phi) is 5.04. The Balaban J connectivity index is 2.05. The predicted molar refractivity (Wildman–Crippen MR) is 87.8 cm³/mol. The van der Waals surface area contributed by atoms with Gasteiger partial charge in [0.15, 0.2) is 0 Å². The molecule has 0 aromatic heterocycles. The van der Waals surface area contributed by atoms with Crippen molar-refractivity contribution < 1.29 is 35.6 Å². The molecule has 11 heteroatoms. The smallest absolute Gasteiger partial charge is 0.374 e. The third kappa shape index (κ3) is 3.65. The van der Waals surface area contributed by atoms with E-state index in [0.29, 0.717) is 12.1 Å². The molecule has 2 nitrogen and oxygen atoms in total. The summed E-state index contributed by atoms with van der Waals surface area (Å²) in [4.78, 5) is 4.69. The minimum absolute atomic E-state index is 0.0932. The van der Waals surface area contributed by atoms with Crippen molar-refractivity contribution in [3.8, 4) is 0 Å². The standard InChI is InChI=1S/C17H8Cl2F7NO/c18-10-4-9(5-11(19)6-10)15(17(24,25)26)7-14(27-28-15)8-1-2-13(20)12(3-8)16(21,22)23/h1-6H,7H2.